The number of rotatable bonds is 7. The summed E-state index contributed by atoms with van der Waals surface area (Å²) in [6.45, 7) is 4.39. The van der Waals surface area contributed by atoms with E-state index in [2.05, 4.69) is 39.7 Å². The first-order valence-electron chi connectivity index (χ1n) is 10.8. The average molecular weight is 481 g/mol. The van der Waals surface area contributed by atoms with Crippen molar-refractivity contribution < 1.29 is 13.2 Å². The molecule has 1 fully saturated rings. The van der Waals surface area contributed by atoms with Crippen LogP contribution in [0.1, 0.15) is 12.0 Å². The number of aryl methyl sites for hydroxylation is 1. The number of hydrogen-bond acceptors (Lipinski definition) is 7. The van der Waals surface area contributed by atoms with Gasteiger partial charge >= 0.3 is 0 Å². The fourth-order valence-electron chi connectivity index (χ4n) is 3.94. The Morgan fingerprint density at radius 1 is 1.12 bits per heavy atom. The Morgan fingerprint density at radius 3 is 2.79 bits per heavy atom. The van der Waals surface area contributed by atoms with Crippen LogP contribution in [0.25, 0.3) is 10.2 Å². The normalized spacial score (nSPS) is 16.3. The van der Waals surface area contributed by atoms with Crippen molar-refractivity contribution in [2.24, 2.45) is 5.92 Å². The molecule has 1 N–H and O–H groups in total. The molecule has 7 nitrogen and oxygen atoms in total. The molecule has 1 unspecified atom stereocenters. The molecule has 4 aromatic rings. The Balaban J connectivity index is 1.25. The molecule has 0 saturated carbocycles. The molecule has 0 spiro atoms. The van der Waals surface area contributed by atoms with Crippen LogP contribution in [0, 0.1) is 12.8 Å². The van der Waals surface area contributed by atoms with Gasteiger partial charge in [0, 0.05) is 25.2 Å². The minimum atomic E-state index is -3.79. The van der Waals surface area contributed by atoms with Crippen LogP contribution < -0.4 is 14.4 Å². The third-order valence-corrected chi connectivity index (χ3v) is 8.05. The van der Waals surface area contributed by atoms with Crippen molar-refractivity contribution in [3.05, 3.63) is 72.4 Å². The van der Waals surface area contributed by atoms with E-state index in [9.17, 15) is 8.42 Å². The van der Waals surface area contributed by atoms with Gasteiger partial charge in [-0.15, -0.1) is 0 Å². The van der Waals surface area contributed by atoms with E-state index in [1.807, 2.05) is 6.07 Å². The minimum Gasteiger partial charge on any atom is -0.491 e. The molecule has 9 heteroatoms. The highest BCUT2D eigenvalue weighted by molar-refractivity contribution is 7.92. The summed E-state index contributed by atoms with van der Waals surface area (Å²) in [7, 11) is -3.79. The van der Waals surface area contributed by atoms with Crippen molar-refractivity contribution in [2.45, 2.75) is 18.4 Å². The van der Waals surface area contributed by atoms with E-state index in [4.69, 9.17) is 9.72 Å². The van der Waals surface area contributed by atoms with Gasteiger partial charge in [0.25, 0.3) is 10.0 Å². The number of anilines is 2. The summed E-state index contributed by atoms with van der Waals surface area (Å²) in [4.78, 5) is 11.1. The largest absolute Gasteiger partial charge is 0.491 e. The van der Waals surface area contributed by atoms with E-state index in [0.717, 1.165) is 30.2 Å². The second-order valence-electron chi connectivity index (χ2n) is 8.10. The zero-order valence-electron chi connectivity index (χ0n) is 18.1. The lowest BCUT2D eigenvalue weighted by atomic mass is 10.1. The lowest BCUT2D eigenvalue weighted by molar-refractivity contribution is 0.262. The van der Waals surface area contributed by atoms with Crippen molar-refractivity contribution in [3.63, 3.8) is 0 Å². The maximum Gasteiger partial charge on any atom is 0.279 e. The van der Waals surface area contributed by atoms with E-state index in [1.165, 1.54) is 22.5 Å². The summed E-state index contributed by atoms with van der Waals surface area (Å²) in [5.74, 6) is 0.838. The second-order valence-corrected chi connectivity index (χ2v) is 10.7. The van der Waals surface area contributed by atoms with Crippen LogP contribution in [0.4, 0.5) is 10.8 Å². The van der Waals surface area contributed by atoms with Gasteiger partial charge in [-0.05, 0) is 49.2 Å². The molecule has 2 aromatic heterocycles. The predicted molar refractivity (Wildman–Crippen MR) is 132 cm³/mol. The summed E-state index contributed by atoms with van der Waals surface area (Å²) in [5, 5.41) is 1.02. The van der Waals surface area contributed by atoms with E-state index in [-0.39, 0.29) is 5.03 Å². The van der Waals surface area contributed by atoms with Crippen molar-refractivity contribution >= 4 is 42.4 Å². The number of benzene rings is 2. The lowest BCUT2D eigenvalue weighted by Gasteiger charge is -2.17. The van der Waals surface area contributed by atoms with Crippen LogP contribution in [-0.4, -0.2) is 38.1 Å². The van der Waals surface area contributed by atoms with Gasteiger partial charge in [0.15, 0.2) is 10.2 Å². The number of sulfonamides is 1. The number of nitrogens with one attached hydrogen (secondary N) is 1. The third kappa shape index (κ3) is 4.65. The summed E-state index contributed by atoms with van der Waals surface area (Å²) in [6, 6.07) is 18.1. The average Bonchev–Trinajstić information content (AvgIpc) is 3.47. The Morgan fingerprint density at radius 2 is 1.97 bits per heavy atom. The van der Waals surface area contributed by atoms with E-state index in [1.54, 1.807) is 41.7 Å². The van der Waals surface area contributed by atoms with Gasteiger partial charge in [-0.2, -0.15) is 8.42 Å². The number of ether oxygens (including phenoxy) is 1. The minimum absolute atomic E-state index is 0.0303. The molecule has 33 heavy (non-hydrogen) atoms. The van der Waals surface area contributed by atoms with E-state index >= 15 is 0 Å². The first kappa shape index (κ1) is 21.7. The molecular weight excluding hydrogens is 456 g/mol. The van der Waals surface area contributed by atoms with Crippen molar-refractivity contribution in [2.75, 3.05) is 29.3 Å². The molecular formula is C24H24N4O3S2. The first-order valence-corrected chi connectivity index (χ1v) is 13.1. The molecule has 1 saturated heterocycles. The number of thiazole rings is 1. The highest BCUT2D eigenvalue weighted by Gasteiger charge is 2.26. The molecule has 0 bridgehead atoms. The van der Waals surface area contributed by atoms with Crippen LogP contribution >= 0.6 is 11.3 Å². The van der Waals surface area contributed by atoms with Crippen LogP contribution in [0.3, 0.4) is 0 Å². The van der Waals surface area contributed by atoms with Gasteiger partial charge in [-0.1, -0.05) is 41.7 Å². The molecule has 1 atom stereocenters. The number of nitrogens with zero attached hydrogens (tertiary/aromatic N) is 3. The van der Waals surface area contributed by atoms with Gasteiger partial charge in [0.1, 0.15) is 5.75 Å². The second kappa shape index (κ2) is 8.99. The van der Waals surface area contributed by atoms with E-state index in [0.29, 0.717) is 24.0 Å². The zero-order valence-corrected chi connectivity index (χ0v) is 19.8. The van der Waals surface area contributed by atoms with Gasteiger partial charge < -0.3 is 9.64 Å². The van der Waals surface area contributed by atoms with Crippen molar-refractivity contribution in [3.8, 4) is 5.75 Å². The van der Waals surface area contributed by atoms with Gasteiger partial charge in [0.05, 0.1) is 22.5 Å². The van der Waals surface area contributed by atoms with E-state index < -0.39 is 10.0 Å². The molecule has 3 heterocycles. The summed E-state index contributed by atoms with van der Waals surface area (Å²) in [6.07, 6.45) is 2.45. The highest BCUT2D eigenvalue weighted by Crippen LogP contribution is 2.34. The zero-order chi connectivity index (χ0) is 22.8. The molecule has 1 aliphatic heterocycles. The SMILES string of the molecule is Cc1cccc2sc(N3CCC(COc4ccccc4NS(=O)(=O)c4ccccn4)C3)nc12. The topological polar surface area (TPSA) is 84.4 Å². The predicted octanol–water partition coefficient (Wildman–Crippen LogP) is 4.71. The Labute approximate surface area is 197 Å². The van der Waals surface area contributed by atoms with Crippen LogP contribution in [0.15, 0.2) is 71.9 Å². The lowest BCUT2D eigenvalue weighted by Crippen LogP contribution is -2.22. The van der Waals surface area contributed by atoms with Crippen LogP contribution in [-0.2, 0) is 10.0 Å². The van der Waals surface area contributed by atoms with Gasteiger partial charge in [-0.25, -0.2) is 9.97 Å². The van der Waals surface area contributed by atoms with Crippen LogP contribution in [0.5, 0.6) is 5.75 Å². The number of hydrogen-bond donors (Lipinski definition) is 1. The first-order chi connectivity index (χ1) is 16.0. The smallest absolute Gasteiger partial charge is 0.279 e. The monoisotopic (exact) mass is 480 g/mol. The van der Waals surface area contributed by atoms with Crippen molar-refractivity contribution in [1.82, 2.24) is 9.97 Å². The molecule has 0 amide bonds. The maximum absolute atomic E-state index is 12.7. The molecule has 2 aromatic carbocycles. The quantitative estimate of drug-likeness (QED) is 0.413. The van der Waals surface area contributed by atoms with Gasteiger partial charge in [-0.3, -0.25) is 4.72 Å². The Bertz CT molecular complexity index is 1370. The number of fused-ring (bicyclic) bond motifs is 1. The molecule has 5 rings (SSSR count). The van der Waals surface area contributed by atoms with Gasteiger partial charge in [0.2, 0.25) is 0 Å². The van der Waals surface area contributed by atoms with Crippen LogP contribution in [0.2, 0.25) is 0 Å². The molecule has 1 aliphatic rings. The fraction of sp³-hybridized carbons (Fsp3) is 0.250. The Kier molecular flexibility index (Phi) is 5.90. The summed E-state index contributed by atoms with van der Waals surface area (Å²) < 4.78 is 35.2. The third-order valence-electron chi connectivity index (χ3n) is 5.68. The summed E-state index contributed by atoms with van der Waals surface area (Å²) >= 11 is 1.72. The number of para-hydroxylation sites is 3. The number of pyridine rings is 1. The molecule has 170 valence electrons. The molecule has 0 aliphatic carbocycles. The standard InChI is InChI=1S/C24H24N4O3S2/c1-17-7-6-10-21-23(17)26-24(32-21)28-14-12-18(15-28)16-31-20-9-3-2-8-19(20)27-33(29,30)22-11-4-5-13-25-22/h2-11,13,18,27H,12,14-16H2,1H3. The number of aromatic nitrogens is 2. The highest BCUT2D eigenvalue weighted by atomic mass is 32.2. The summed E-state index contributed by atoms with van der Waals surface area (Å²) in [5.41, 5.74) is 2.67. The maximum atomic E-state index is 12.7. The Hall–Kier alpha value is -3.17. The van der Waals surface area contributed by atoms with Crippen molar-refractivity contribution in [1.29, 1.82) is 0 Å². The molecule has 0 radical (unpaired) electrons. The fourth-order valence-corrected chi connectivity index (χ4v) is 6.04.